The highest BCUT2D eigenvalue weighted by Gasteiger charge is 2.12. The fourth-order valence-electron chi connectivity index (χ4n) is 2.75. The van der Waals surface area contributed by atoms with Gasteiger partial charge >= 0.3 is 5.97 Å². The lowest BCUT2D eigenvalue weighted by Gasteiger charge is -2.10. The van der Waals surface area contributed by atoms with Crippen molar-refractivity contribution in [3.05, 3.63) is 75.8 Å². The first-order valence-corrected chi connectivity index (χ1v) is 8.26. The number of carbonyl (C=O) groups excluding carboxylic acids is 1. The van der Waals surface area contributed by atoms with E-state index in [1.54, 1.807) is 0 Å². The van der Waals surface area contributed by atoms with Crippen LogP contribution < -0.4 is 0 Å². The van der Waals surface area contributed by atoms with Crippen LogP contribution in [0.2, 0.25) is 5.02 Å². The summed E-state index contributed by atoms with van der Waals surface area (Å²) in [5.41, 5.74) is 5.54. The summed E-state index contributed by atoms with van der Waals surface area (Å²) in [6.45, 7) is 2.98. The first kappa shape index (κ1) is 16.7. The van der Waals surface area contributed by atoms with Crippen LogP contribution in [0.3, 0.4) is 0 Å². The standard InChI is InChI=1S/C20H19ClO3/c1-14(22)24-12-17-4-2-3-15(10-17)9-16-5-6-20(21)19(11-16)18-7-8-23-13-18/h2-7,10-11H,8-9,12-13H2,1H3. The summed E-state index contributed by atoms with van der Waals surface area (Å²) in [5.74, 6) is -0.269. The number of hydrogen-bond donors (Lipinski definition) is 0. The third kappa shape index (κ3) is 4.25. The van der Waals surface area contributed by atoms with Crippen molar-refractivity contribution in [2.45, 2.75) is 20.0 Å². The van der Waals surface area contributed by atoms with E-state index in [0.717, 1.165) is 28.1 Å². The van der Waals surface area contributed by atoms with E-state index in [1.807, 2.05) is 24.3 Å². The van der Waals surface area contributed by atoms with E-state index in [-0.39, 0.29) is 5.97 Å². The van der Waals surface area contributed by atoms with Crippen molar-refractivity contribution in [2.24, 2.45) is 0 Å². The predicted molar refractivity (Wildman–Crippen MR) is 95.0 cm³/mol. The highest BCUT2D eigenvalue weighted by atomic mass is 35.5. The number of hydrogen-bond acceptors (Lipinski definition) is 3. The summed E-state index contributed by atoms with van der Waals surface area (Å²) in [5, 5.41) is 0.749. The average molecular weight is 343 g/mol. The molecule has 3 nitrogen and oxygen atoms in total. The molecule has 2 aromatic carbocycles. The van der Waals surface area contributed by atoms with E-state index in [4.69, 9.17) is 21.1 Å². The van der Waals surface area contributed by atoms with Gasteiger partial charge in [-0.15, -0.1) is 0 Å². The first-order valence-electron chi connectivity index (χ1n) is 7.88. The Morgan fingerprint density at radius 1 is 1.17 bits per heavy atom. The Bertz CT molecular complexity index is 780. The zero-order chi connectivity index (χ0) is 16.9. The van der Waals surface area contributed by atoms with Gasteiger partial charge in [-0.25, -0.2) is 0 Å². The number of ether oxygens (including phenoxy) is 2. The Morgan fingerprint density at radius 2 is 1.96 bits per heavy atom. The van der Waals surface area contributed by atoms with Gasteiger partial charge in [0.25, 0.3) is 0 Å². The largest absolute Gasteiger partial charge is 0.461 e. The van der Waals surface area contributed by atoms with Crippen LogP contribution >= 0.6 is 11.6 Å². The van der Waals surface area contributed by atoms with Crippen molar-refractivity contribution >= 4 is 23.1 Å². The van der Waals surface area contributed by atoms with Crippen molar-refractivity contribution in [1.29, 1.82) is 0 Å². The number of carbonyl (C=O) groups is 1. The summed E-state index contributed by atoms with van der Waals surface area (Å²) < 4.78 is 10.5. The van der Waals surface area contributed by atoms with E-state index in [1.165, 1.54) is 18.1 Å². The minimum atomic E-state index is -0.269. The van der Waals surface area contributed by atoms with Gasteiger partial charge in [-0.3, -0.25) is 4.79 Å². The number of halogens is 1. The summed E-state index contributed by atoms with van der Waals surface area (Å²) >= 11 is 6.33. The third-order valence-electron chi connectivity index (χ3n) is 3.92. The van der Waals surface area contributed by atoms with Gasteiger partial charge < -0.3 is 9.47 Å². The lowest BCUT2D eigenvalue weighted by Crippen LogP contribution is -1.99. The molecule has 0 radical (unpaired) electrons. The Morgan fingerprint density at radius 3 is 2.71 bits per heavy atom. The van der Waals surface area contributed by atoms with Crippen LogP contribution in [0.4, 0.5) is 0 Å². The summed E-state index contributed by atoms with van der Waals surface area (Å²) in [6.07, 6.45) is 2.87. The predicted octanol–water partition coefficient (Wildman–Crippen LogP) is 4.41. The highest BCUT2D eigenvalue weighted by Crippen LogP contribution is 2.28. The fraction of sp³-hybridized carbons (Fsp3) is 0.250. The molecule has 0 unspecified atom stereocenters. The molecule has 124 valence electrons. The van der Waals surface area contributed by atoms with E-state index in [2.05, 4.69) is 24.3 Å². The third-order valence-corrected chi connectivity index (χ3v) is 4.25. The second-order valence-corrected chi connectivity index (χ2v) is 6.24. The molecule has 2 aromatic rings. The molecule has 0 saturated carbocycles. The van der Waals surface area contributed by atoms with Gasteiger partial charge in [0.15, 0.2) is 0 Å². The minimum absolute atomic E-state index is 0.269. The maximum absolute atomic E-state index is 10.9. The monoisotopic (exact) mass is 342 g/mol. The fourth-order valence-corrected chi connectivity index (χ4v) is 2.99. The number of esters is 1. The molecular formula is C20H19ClO3. The van der Waals surface area contributed by atoms with Crippen LogP contribution in [0.1, 0.15) is 29.2 Å². The zero-order valence-corrected chi connectivity index (χ0v) is 14.3. The van der Waals surface area contributed by atoms with Crippen LogP contribution in [-0.4, -0.2) is 19.2 Å². The molecule has 0 fully saturated rings. The molecule has 1 heterocycles. The van der Waals surface area contributed by atoms with Crippen molar-refractivity contribution in [1.82, 2.24) is 0 Å². The summed E-state index contributed by atoms with van der Waals surface area (Å²) in [4.78, 5) is 10.9. The smallest absolute Gasteiger partial charge is 0.302 e. The lowest BCUT2D eigenvalue weighted by molar-refractivity contribution is -0.142. The average Bonchev–Trinajstić information content (AvgIpc) is 3.09. The van der Waals surface area contributed by atoms with Gasteiger partial charge in [0.1, 0.15) is 6.61 Å². The quantitative estimate of drug-likeness (QED) is 0.755. The van der Waals surface area contributed by atoms with Gasteiger partial charge in [0, 0.05) is 11.9 Å². The molecule has 1 aliphatic rings. The van der Waals surface area contributed by atoms with E-state index in [9.17, 15) is 4.79 Å². The van der Waals surface area contributed by atoms with Gasteiger partial charge in [0.2, 0.25) is 0 Å². The summed E-state index contributed by atoms with van der Waals surface area (Å²) in [6, 6.07) is 14.2. The van der Waals surface area contributed by atoms with Crippen molar-refractivity contribution in [3.63, 3.8) is 0 Å². The second kappa shape index (κ2) is 7.65. The van der Waals surface area contributed by atoms with E-state index < -0.39 is 0 Å². The van der Waals surface area contributed by atoms with E-state index in [0.29, 0.717) is 19.8 Å². The molecule has 0 aliphatic carbocycles. The zero-order valence-electron chi connectivity index (χ0n) is 13.5. The Balaban J connectivity index is 1.77. The Kier molecular flexibility index (Phi) is 5.34. The SMILES string of the molecule is CC(=O)OCc1cccc(Cc2ccc(Cl)c(C3=CCOC3)c2)c1. The van der Waals surface area contributed by atoms with Gasteiger partial charge in [-0.2, -0.15) is 0 Å². The summed E-state index contributed by atoms with van der Waals surface area (Å²) in [7, 11) is 0. The van der Waals surface area contributed by atoms with Crippen LogP contribution in [-0.2, 0) is 27.3 Å². The number of rotatable bonds is 5. The topological polar surface area (TPSA) is 35.5 Å². The molecule has 1 aliphatic heterocycles. The van der Waals surface area contributed by atoms with Gasteiger partial charge in [-0.05, 0) is 46.4 Å². The molecule has 0 aromatic heterocycles. The Hall–Kier alpha value is -2.10. The minimum Gasteiger partial charge on any atom is -0.461 e. The van der Waals surface area contributed by atoms with Crippen LogP contribution in [0.25, 0.3) is 5.57 Å². The normalized spacial score (nSPS) is 13.7. The molecule has 4 heteroatoms. The van der Waals surface area contributed by atoms with Crippen LogP contribution in [0, 0.1) is 0 Å². The maximum Gasteiger partial charge on any atom is 0.302 e. The molecule has 0 amide bonds. The second-order valence-electron chi connectivity index (χ2n) is 5.84. The molecule has 24 heavy (non-hydrogen) atoms. The van der Waals surface area contributed by atoms with Crippen molar-refractivity contribution < 1.29 is 14.3 Å². The Labute approximate surface area is 146 Å². The molecule has 0 bridgehead atoms. The molecule has 3 rings (SSSR count). The van der Waals surface area contributed by atoms with Crippen molar-refractivity contribution in [2.75, 3.05) is 13.2 Å². The maximum atomic E-state index is 10.9. The lowest BCUT2D eigenvalue weighted by atomic mass is 9.98. The molecule has 0 N–H and O–H groups in total. The first-order chi connectivity index (χ1) is 11.6. The van der Waals surface area contributed by atoms with Gasteiger partial charge in [-0.1, -0.05) is 48.0 Å². The van der Waals surface area contributed by atoms with E-state index >= 15 is 0 Å². The molecule has 0 spiro atoms. The van der Waals surface area contributed by atoms with Crippen LogP contribution in [0.5, 0.6) is 0 Å². The van der Waals surface area contributed by atoms with Crippen LogP contribution in [0.15, 0.2) is 48.5 Å². The van der Waals surface area contributed by atoms with Gasteiger partial charge in [0.05, 0.1) is 13.2 Å². The highest BCUT2D eigenvalue weighted by molar-refractivity contribution is 6.32. The number of benzene rings is 2. The van der Waals surface area contributed by atoms with Crippen molar-refractivity contribution in [3.8, 4) is 0 Å². The molecular weight excluding hydrogens is 324 g/mol. The molecule has 0 atom stereocenters. The molecule has 0 saturated heterocycles.